The average molecular weight is 293 g/mol. The number of rotatable bonds is 2. The van der Waals surface area contributed by atoms with Crippen LogP contribution >= 0.6 is 0 Å². The van der Waals surface area contributed by atoms with Crippen LogP contribution in [0, 0.1) is 0 Å². The van der Waals surface area contributed by atoms with Gasteiger partial charge in [-0.15, -0.1) is 5.10 Å². The topological polar surface area (TPSA) is 72.2 Å². The molecule has 1 aromatic carbocycles. The Morgan fingerprint density at radius 1 is 1.23 bits per heavy atom. The Kier molecular flexibility index (Phi) is 3.07. The summed E-state index contributed by atoms with van der Waals surface area (Å²) in [5, 5.41) is 7.19. The maximum Gasteiger partial charge on any atom is 0.291 e. The van der Waals surface area contributed by atoms with Crippen molar-refractivity contribution in [3.63, 3.8) is 0 Å². The summed E-state index contributed by atoms with van der Waals surface area (Å²) >= 11 is 0. The summed E-state index contributed by atoms with van der Waals surface area (Å²) in [5.74, 6) is 0.356. The van der Waals surface area contributed by atoms with Gasteiger partial charge >= 0.3 is 0 Å². The summed E-state index contributed by atoms with van der Waals surface area (Å²) in [7, 11) is 0. The van der Waals surface area contributed by atoms with Crippen LogP contribution in [0.4, 0.5) is 0 Å². The van der Waals surface area contributed by atoms with Crippen LogP contribution in [0.1, 0.15) is 28.2 Å². The number of aryl methyl sites for hydroxylation is 1. The van der Waals surface area contributed by atoms with Crippen LogP contribution in [-0.2, 0) is 12.8 Å². The lowest BCUT2D eigenvalue weighted by molar-refractivity contribution is 0.0923. The first-order chi connectivity index (χ1) is 10.8. The molecule has 1 amide bonds. The number of nitrogens with zero attached hydrogens (tertiary/aromatic N) is 4. The molecule has 6 nitrogen and oxygen atoms in total. The van der Waals surface area contributed by atoms with Crippen molar-refractivity contribution in [3.8, 4) is 0 Å². The summed E-state index contributed by atoms with van der Waals surface area (Å²) in [5.41, 5.74) is 2.69. The number of carbonyl (C=O) groups excluding carboxylic acids is 1. The molecule has 110 valence electrons. The molecule has 4 rings (SSSR count). The van der Waals surface area contributed by atoms with Gasteiger partial charge < -0.3 is 5.32 Å². The highest BCUT2D eigenvalue weighted by molar-refractivity contribution is 5.91. The fourth-order valence-electron chi connectivity index (χ4n) is 2.90. The lowest BCUT2D eigenvalue weighted by Gasteiger charge is -2.24. The van der Waals surface area contributed by atoms with E-state index in [2.05, 4.69) is 38.6 Å². The molecule has 3 aromatic rings. The van der Waals surface area contributed by atoms with E-state index < -0.39 is 0 Å². The minimum Gasteiger partial charge on any atom is -0.346 e. The second kappa shape index (κ2) is 5.22. The molecule has 1 N–H and O–H groups in total. The monoisotopic (exact) mass is 293 g/mol. The molecule has 2 heterocycles. The third kappa shape index (κ3) is 2.32. The number of carbonyl (C=O) groups is 1. The lowest BCUT2D eigenvalue weighted by atomic mass is 9.88. The van der Waals surface area contributed by atoms with E-state index in [1.165, 1.54) is 15.6 Å². The second-order valence-electron chi connectivity index (χ2n) is 5.48. The smallest absolute Gasteiger partial charge is 0.291 e. The first kappa shape index (κ1) is 12.9. The Labute approximate surface area is 127 Å². The Morgan fingerprint density at radius 2 is 2.09 bits per heavy atom. The number of fused-ring (bicyclic) bond motifs is 2. The molecule has 0 saturated carbocycles. The zero-order valence-corrected chi connectivity index (χ0v) is 11.9. The molecule has 0 unspecified atom stereocenters. The Morgan fingerprint density at radius 3 is 2.95 bits per heavy atom. The zero-order chi connectivity index (χ0) is 14.9. The highest BCUT2D eigenvalue weighted by Crippen LogP contribution is 2.21. The van der Waals surface area contributed by atoms with Crippen molar-refractivity contribution in [1.29, 1.82) is 0 Å². The molecule has 22 heavy (non-hydrogen) atoms. The van der Waals surface area contributed by atoms with Gasteiger partial charge in [0.15, 0.2) is 0 Å². The van der Waals surface area contributed by atoms with Gasteiger partial charge in [0.2, 0.25) is 5.82 Å². The van der Waals surface area contributed by atoms with E-state index >= 15 is 0 Å². The van der Waals surface area contributed by atoms with Crippen molar-refractivity contribution >= 4 is 11.7 Å². The predicted octanol–water partition coefficient (Wildman–Crippen LogP) is 1.41. The van der Waals surface area contributed by atoms with Crippen LogP contribution in [0.15, 0.2) is 42.7 Å². The predicted molar refractivity (Wildman–Crippen MR) is 80.5 cm³/mol. The van der Waals surface area contributed by atoms with Crippen molar-refractivity contribution in [2.24, 2.45) is 0 Å². The van der Waals surface area contributed by atoms with Crippen LogP contribution in [-0.4, -0.2) is 31.5 Å². The van der Waals surface area contributed by atoms with E-state index in [9.17, 15) is 4.79 Å². The van der Waals surface area contributed by atoms with Crippen molar-refractivity contribution in [2.45, 2.75) is 25.3 Å². The van der Waals surface area contributed by atoms with Crippen LogP contribution in [0.5, 0.6) is 0 Å². The van der Waals surface area contributed by atoms with Crippen molar-refractivity contribution in [3.05, 3.63) is 59.7 Å². The fourth-order valence-corrected chi connectivity index (χ4v) is 2.90. The lowest BCUT2D eigenvalue weighted by Crippen LogP contribution is -2.39. The number of hydrogen-bond donors (Lipinski definition) is 1. The molecule has 1 aliphatic carbocycles. The largest absolute Gasteiger partial charge is 0.346 e. The standard InChI is InChI=1S/C16H15N5O/c22-15(14-19-16-17-8-3-9-21(16)20-14)18-13-7-6-11-4-1-2-5-12(11)10-13/h1-5,8-9,13H,6-7,10H2,(H,18,22)/t13-/m1/s1. The van der Waals surface area contributed by atoms with Crippen LogP contribution in [0.2, 0.25) is 0 Å². The van der Waals surface area contributed by atoms with E-state index in [4.69, 9.17) is 0 Å². The van der Waals surface area contributed by atoms with Crippen LogP contribution in [0.25, 0.3) is 5.78 Å². The SMILES string of the molecule is O=C(N[C@@H]1CCc2ccccc2C1)c1nc2ncccn2n1. The molecule has 0 spiro atoms. The molecule has 0 radical (unpaired) electrons. The van der Waals surface area contributed by atoms with Crippen LogP contribution in [0.3, 0.4) is 0 Å². The van der Waals surface area contributed by atoms with Gasteiger partial charge in [0.05, 0.1) is 0 Å². The second-order valence-corrected chi connectivity index (χ2v) is 5.48. The fraction of sp³-hybridized carbons (Fsp3) is 0.250. The minimum absolute atomic E-state index is 0.127. The molecule has 1 atom stereocenters. The van der Waals surface area contributed by atoms with Crippen molar-refractivity contribution in [2.75, 3.05) is 0 Å². The van der Waals surface area contributed by atoms with E-state index in [0.29, 0.717) is 5.78 Å². The molecular formula is C16H15N5O. The quantitative estimate of drug-likeness (QED) is 0.775. The number of nitrogens with one attached hydrogen (secondary N) is 1. The number of hydrogen-bond acceptors (Lipinski definition) is 4. The van der Waals surface area contributed by atoms with Gasteiger partial charge in [0.25, 0.3) is 11.7 Å². The molecule has 0 saturated heterocycles. The highest BCUT2D eigenvalue weighted by Gasteiger charge is 2.22. The van der Waals surface area contributed by atoms with Gasteiger partial charge in [0, 0.05) is 18.4 Å². The van der Waals surface area contributed by atoms with E-state index in [-0.39, 0.29) is 17.8 Å². The highest BCUT2D eigenvalue weighted by atomic mass is 16.2. The van der Waals surface area contributed by atoms with E-state index in [1.54, 1.807) is 18.5 Å². The number of amides is 1. The summed E-state index contributed by atoms with van der Waals surface area (Å²) < 4.78 is 1.51. The van der Waals surface area contributed by atoms with Gasteiger partial charge in [-0.05, 0) is 36.5 Å². The average Bonchev–Trinajstić information content (AvgIpc) is 2.99. The number of benzene rings is 1. The minimum atomic E-state index is -0.241. The van der Waals surface area contributed by atoms with Gasteiger partial charge in [0.1, 0.15) is 0 Å². The molecule has 1 aliphatic rings. The molecule has 6 heteroatoms. The third-order valence-electron chi connectivity index (χ3n) is 4.00. The number of aromatic nitrogens is 4. The first-order valence-electron chi connectivity index (χ1n) is 7.34. The zero-order valence-electron chi connectivity index (χ0n) is 11.9. The molecule has 0 fully saturated rings. The first-order valence-corrected chi connectivity index (χ1v) is 7.34. The summed E-state index contributed by atoms with van der Waals surface area (Å²) in [6.07, 6.45) is 6.13. The van der Waals surface area contributed by atoms with Gasteiger partial charge in [-0.25, -0.2) is 9.50 Å². The summed E-state index contributed by atoms with van der Waals surface area (Å²) in [6, 6.07) is 10.3. The summed E-state index contributed by atoms with van der Waals surface area (Å²) in [4.78, 5) is 20.5. The molecule has 2 aromatic heterocycles. The van der Waals surface area contributed by atoms with E-state index in [1.807, 2.05) is 6.07 Å². The van der Waals surface area contributed by atoms with Crippen molar-refractivity contribution in [1.82, 2.24) is 24.9 Å². The molecular weight excluding hydrogens is 278 g/mol. The van der Waals surface area contributed by atoms with Crippen molar-refractivity contribution < 1.29 is 4.79 Å². The van der Waals surface area contributed by atoms with Gasteiger partial charge in [-0.2, -0.15) is 4.98 Å². The van der Waals surface area contributed by atoms with Crippen LogP contribution < -0.4 is 5.32 Å². The van der Waals surface area contributed by atoms with E-state index in [0.717, 1.165) is 19.3 Å². The maximum absolute atomic E-state index is 12.3. The molecule has 0 aliphatic heterocycles. The summed E-state index contributed by atoms with van der Waals surface area (Å²) in [6.45, 7) is 0. The van der Waals surface area contributed by atoms with Gasteiger partial charge in [-0.1, -0.05) is 24.3 Å². The Bertz CT molecular complexity index is 808. The van der Waals surface area contributed by atoms with Gasteiger partial charge in [-0.3, -0.25) is 4.79 Å². The Hall–Kier alpha value is -2.76. The molecule has 0 bridgehead atoms. The third-order valence-corrected chi connectivity index (χ3v) is 4.00. The maximum atomic E-state index is 12.3. The normalized spacial score (nSPS) is 17.2. The Balaban J connectivity index is 1.50.